The first-order chi connectivity index (χ1) is 13.5. The maximum absolute atomic E-state index is 12.7. The Morgan fingerprint density at radius 2 is 1.75 bits per heavy atom. The van der Waals surface area contributed by atoms with Gasteiger partial charge in [-0.25, -0.2) is 4.79 Å². The first kappa shape index (κ1) is 20.6. The van der Waals surface area contributed by atoms with Crippen molar-refractivity contribution in [3.8, 4) is 0 Å². The molecule has 3 aliphatic rings. The lowest BCUT2D eigenvalue weighted by atomic mass is 9.98. The van der Waals surface area contributed by atoms with Crippen LogP contribution in [0.3, 0.4) is 0 Å². The Morgan fingerprint density at radius 1 is 1.07 bits per heavy atom. The van der Waals surface area contributed by atoms with E-state index in [9.17, 15) is 19.2 Å². The second-order valence-electron chi connectivity index (χ2n) is 7.64. The lowest BCUT2D eigenvalue weighted by Gasteiger charge is -2.28. The Labute approximate surface area is 165 Å². The summed E-state index contributed by atoms with van der Waals surface area (Å²) in [5.41, 5.74) is 0. The van der Waals surface area contributed by atoms with Gasteiger partial charge in [-0.2, -0.15) is 0 Å². The Morgan fingerprint density at radius 3 is 2.46 bits per heavy atom. The molecule has 3 fully saturated rings. The third-order valence-electron chi connectivity index (χ3n) is 5.66. The number of urea groups is 1. The van der Waals surface area contributed by atoms with Gasteiger partial charge in [0.2, 0.25) is 11.8 Å². The predicted molar refractivity (Wildman–Crippen MR) is 100 cm³/mol. The first-order valence-corrected chi connectivity index (χ1v) is 10.3. The molecule has 0 aromatic carbocycles. The van der Waals surface area contributed by atoms with Crippen molar-refractivity contribution in [3.63, 3.8) is 0 Å². The van der Waals surface area contributed by atoms with Crippen molar-refractivity contribution in [2.45, 2.75) is 45.1 Å². The van der Waals surface area contributed by atoms with Crippen molar-refractivity contribution in [1.29, 1.82) is 0 Å². The van der Waals surface area contributed by atoms with Gasteiger partial charge in [-0.15, -0.1) is 0 Å². The molecule has 3 saturated heterocycles. The molecule has 0 aromatic rings. The van der Waals surface area contributed by atoms with Crippen LogP contribution in [0.1, 0.15) is 39.0 Å². The molecule has 3 aliphatic heterocycles. The largest absolute Gasteiger partial charge is 0.381 e. The average Bonchev–Trinajstić information content (AvgIpc) is 2.89. The number of rotatable bonds is 5. The fraction of sp³-hybridized carbons (Fsp3) is 0.789. The molecule has 0 spiro atoms. The number of hydrogen-bond donors (Lipinski definition) is 1. The van der Waals surface area contributed by atoms with E-state index >= 15 is 0 Å². The zero-order valence-electron chi connectivity index (χ0n) is 16.5. The van der Waals surface area contributed by atoms with Gasteiger partial charge in [-0.05, 0) is 25.7 Å². The fourth-order valence-corrected chi connectivity index (χ4v) is 4.04. The van der Waals surface area contributed by atoms with E-state index in [-0.39, 0.29) is 30.1 Å². The molecule has 1 N–H and O–H groups in total. The van der Waals surface area contributed by atoms with Gasteiger partial charge in [0.1, 0.15) is 6.04 Å². The predicted octanol–water partition coefficient (Wildman–Crippen LogP) is 0.194. The van der Waals surface area contributed by atoms with Crippen LogP contribution in [0.2, 0.25) is 0 Å². The number of hydrogen-bond acceptors (Lipinski definition) is 5. The molecule has 9 nitrogen and oxygen atoms in total. The maximum Gasteiger partial charge on any atom is 0.324 e. The van der Waals surface area contributed by atoms with Crippen LogP contribution >= 0.6 is 0 Å². The molecule has 5 amide bonds. The highest BCUT2D eigenvalue weighted by molar-refractivity contribution is 6.05. The van der Waals surface area contributed by atoms with Crippen molar-refractivity contribution in [2.24, 2.45) is 5.92 Å². The second-order valence-corrected chi connectivity index (χ2v) is 7.64. The molecule has 0 radical (unpaired) electrons. The quantitative estimate of drug-likeness (QED) is 0.672. The minimum absolute atomic E-state index is 0.0203. The summed E-state index contributed by atoms with van der Waals surface area (Å²) in [6, 6.07) is -1.21. The van der Waals surface area contributed by atoms with Crippen molar-refractivity contribution in [2.75, 3.05) is 45.9 Å². The van der Waals surface area contributed by atoms with Gasteiger partial charge in [0, 0.05) is 51.9 Å². The number of carbonyl (C=O) groups is 4. The number of imide groups is 1. The Kier molecular flexibility index (Phi) is 6.88. The SMILES string of the molecule is CCCN1C(=O)NC(CC(=O)N2CCCN(C(=O)C3CCOCC3)CC2)C1=O. The molecule has 9 heteroatoms. The zero-order chi connectivity index (χ0) is 20.1. The molecule has 1 unspecified atom stereocenters. The number of amides is 5. The van der Waals surface area contributed by atoms with Crippen LogP contribution < -0.4 is 5.32 Å². The Hall–Kier alpha value is -2.16. The van der Waals surface area contributed by atoms with Gasteiger partial charge >= 0.3 is 6.03 Å². The molecule has 28 heavy (non-hydrogen) atoms. The van der Waals surface area contributed by atoms with Crippen molar-refractivity contribution >= 4 is 23.8 Å². The molecule has 156 valence electrons. The highest BCUT2D eigenvalue weighted by atomic mass is 16.5. The van der Waals surface area contributed by atoms with E-state index < -0.39 is 12.1 Å². The van der Waals surface area contributed by atoms with E-state index in [2.05, 4.69) is 5.32 Å². The minimum atomic E-state index is -0.783. The number of nitrogens with one attached hydrogen (secondary N) is 1. The van der Waals surface area contributed by atoms with Crippen LogP contribution in [0.15, 0.2) is 0 Å². The van der Waals surface area contributed by atoms with Gasteiger partial charge in [0.15, 0.2) is 0 Å². The van der Waals surface area contributed by atoms with Crippen LogP contribution in [0.5, 0.6) is 0 Å². The van der Waals surface area contributed by atoms with Crippen LogP contribution in [0.4, 0.5) is 4.79 Å². The lowest BCUT2D eigenvalue weighted by Crippen LogP contribution is -2.42. The van der Waals surface area contributed by atoms with Gasteiger partial charge in [0.25, 0.3) is 5.91 Å². The Bertz CT molecular complexity index is 619. The molecular weight excluding hydrogens is 364 g/mol. The summed E-state index contributed by atoms with van der Waals surface area (Å²) < 4.78 is 5.33. The van der Waals surface area contributed by atoms with E-state index in [1.807, 2.05) is 11.8 Å². The average molecular weight is 394 g/mol. The molecule has 1 atom stereocenters. The van der Waals surface area contributed by atoms with Gasteiger partial charge in [-0.3, -0.25) is 19.3 Å². The summed E-state index contributed by atoms with van der Waals surface area (Å²) in [5.74, 6) is -0.304. The van der Waals surface area contributed by atoms with Crippen LogP contribution in [0, 0.1) is 5.92 Å². The van der Waals surface area contributed by atoms with E-state index in [4.69, 9.17) is 4.74 Å². The summed E-state index contributed by atoms with van der Waals surface area (Å²) in [4.78, 5) is 54.3. The summed E-state index contributed by atoms with van der Waals surface area (Å²) in [7, 11) is 0. The number of carbonyl (C=O) groups excluding carboxylic acids is 4. The Balaban J connectivity index is 1.51. The zero-order valence-corrected chi connectivity index (χ0v) is 16.5. The highest BCUT2D eigenvalue weighted by Gasteiger charge is 2.39. The molecule has 3 heterocycles. The third kappa shape index (κ3) is 4.63. The smallest absolute Gasteiger partial charge is 0.324 e. The molecular formula is C19H30N4O5. The maximum atomic E-state index is 12.7. The lowest BCUT2D eigenvalue weighted by molar-refractivity contribution is -0.139. The summed E-state index contributed by atoms with van der Waals surface area (Å²) in [6.07, 6.45) is 2.89. The summed E-state index contributed by atoms with van der Waals surface area (Å²) >= 11 is 0. The summed E-state index contributed by atoms with van der Waals surface area (Å²) in [5, 5.41) is 2.61. The van der Waals surface area contributed by atoms with Crippen LogP contribution in [0.25, 0.3) is 0 Å². The molecule has 0 bridgehead atoms. The molecule has 0 aliphatic carbocycles. The molecule has 0 saturated carbocycles. The van der Waals surface area contributed by atoms with Crippen molar-refractivity contribution in [1.82, 2.24) is 20.0 Å². The van der Waals surface area contributed by atoms with Gasteiger partial charge in [-0.1, -0.05) is 6.92 Å². The molecule has 3 rings (SSSR count). The van der Waals surface area contributed by atoms with Gasteiger partial charge in [0.05, 0.1) is 6.42 Å². The minimum Gasteiger partial charge on any atom is -0.381 e. The summed E-state index contributed by atoms with van der Waals surface area (Å²) in [6.45, 7) is 5.69. The second kappa shape index (κ2) is 9.36. The number of ether oxygens (including phenoxy) is 1. The first-order valence-electron chi connectivity index (χ1n) is 10.3. The topological polar surface area (TPSA) is 99.3 Å². The number of nitrogens with zero attached hydrogens (tertiary/aromatic N) is 3. The monoisotopic (exact) mass is 394 g/mol. The van der Waals surface area contributed by atoms with Crippen molar-refractivity contribution in [3.05, 3.63) is 0 Å². The highest BCUT2D eigenvalue weighted by Crippen LogP contribution is 2.19. The third-order valence-corrected chi connectivity index (χ3v) is 5.66. The van der Waals surface area contributed by atoms with E-state index in [0.29, 0.717) is 58.8 Å². The van der Waals surface area contributed by atoms with Gasteiger partial charge < -0.3 is 19.9 Å². The normalized spacial score (nSPS) is 24.3. The van der Waals surface area contributed by atoms with Crippen molar-refractivity contribution < 1.29 is 23.9 Å². The van der Waals surface area contributed by atoms with Crippen LogP contribution in [-0.4, -0.2) is 90.4 Å². The molecule has 0 aromatic heterocycles. The standard InChI is InChI=1S/C19H30N4O5/c1-2-6-23-18(26)15(20-19(23)27)13-16(24)21-7-3-8-22(10-9-21)17(25)14-4-11-28-12-5-14/h14-15H,2-13H2,1H3,(H,20,27). The van der Waals surface area contributed by atoms with E-state index in [0.717, 1.165) is 12.8 Å². The van der Waals surface area contributed by atoms with E-state index in [1.165, 1.54) is 4.90 Å². The fourth-order valence-electron chi connectivity index (χ4n) is 4.04. The van der Waals surface area contributed by atoms with E-state index in [1.54, 1.807) is 4.90 Å². The van der Waals surface area contributed by atoms with Crippen LogP contribution in [-0.2, 0) is 19.1 Å².